The number of nitrogens with one attached hydrogen (secondary N) is 1. The molecule has 0 heterocycles. The summed E-state index contributed by atoms with van der Waals surface area (Å²) >= 11 is 0. The summed E-state index contributed by atoms with van der Waals surface area (Å²) in [6.07, 6.45) is 1.77. The molecule has 2 atom stereocenters. The summed E-state index contributed by atoms with van der Waals surface area (Å²) < 4.78 is 30.3. The normalized spacial score (nSPS) is 27.6. The van der Waals surface area contributed by atoms with Gasteiger partial charge in [-0.3, -0.25) is 9.35 Å². The predicted octanol–water partition coefficient (Wildman–Crippen LogP) is 0.322. The number of amides is 1. The van der Waals surface area contributed by atoms with Gasteiger partial charge in [-0.15, -0.1) is 0 Å². The van der Waals surface area contributed by atoms with Crippen LogP contribution in [0.3, 0.4) is 0 Å². The van der Waals surface area contributed by atoms with E-state index in [4.69, 9.17) is 4.55 Å². The average molecular weight is 221 g/mol. The van der Waals surface area contributed by atoms with Crippen molar-refractivity contribution in [2.45, 2.75) is 43.9 Å². The molecule has 82 valence electrons. The molecule has 0 spiro atoms. The molecule has 1 rings (SSSR count). The average Bonchev–Trinajstić information content (AvgIpc) is 2.51. The second kappa shape index (κ2) is 4.27. The van der Waals surface area contributed by atoms with E-state index in [9.17, 15) is 13.2 Å². The lowest BCUT2D eigenvalue weighted by molar-refractivity contribution is -0.121. The summed E-state index contributed by atoms with van der Waals surface area (Å²) in [5, 5.41) is 2.01. The maximum atomic E-state index is 11.0. The Balaban J connectivity index is 2.46. The van der Waals surface area contributed by atoms with E-state index in [2.05, 4.69) is 5.32 Å². The van der Waals surface area contributed by atoms with Crippen LogP contribution < -0.4 is 5.32 Å². The maximum Gasteiger partial charge on any atom is 0.267 e. The highest BCUT2D eigenvalue weighted by Crippen LogP contribution is 2.24. The van der Waals surface area contributed by atoms with Crippen molar-refractivity contribution in [3.05, 3.63) is 0 Å². The van der Waals surface area contributed by atoms with Crippen LogP contribution in [0.4, 0.5) is 0 Å². The summed E-state index contributed by atoms with van der Waals surface area (Å²) in [7, 11) is -3.93. The second-order valence-corrected chi connectivity index (χ2v) is 5.26. The fourth-order valence-corrected chi connectivity index (χ4v) is 2.58. The summed E-state index contributed by atoms with van der Waals surface area (Å²) in [5.74, 6) is -0.0778. The zero-order valence-corrected chi connectivity index (χ0v) is 8.88. The van der Waals surface area contributed by atoms with Gasteiger partial charge in [0.1, 0.15) is 0 Å². The molecule has 2 N–H and O–H groups in total. The highest BCUT2D eigenvalue weighted by atomic mass is 32.2. The molecule has 0 saturated heterocycles. The molecule has 0 aromatic rings. The number of carbonyl (C=O) groups is 1. The largest absolute Gasteiger partial charge is 0.353 e. The zero-order valence-electron chi connectivity index (χ0n) is 8.06. The molecule has 1 amide bonds. The molecule has 0 aromatic carbocycles. The lowest BCUT2D eigenvalue weighted by atomic mass is 10.2. The minimum absolute atomic E-state index is 0.0778. The Kier molecular flexibility index (Phi) is 3.49. The molecular formula is C8H15NO4S. The molecular weight excluding hydrogens is 206 g/mol. The van der Waals surface area contributed by atoms with Crippen molar-refractivity contribution in [2.75, 3.05) is 0 Å². The first-order valence-corrected chi connectivity index (χ1v) is 6.19. The van der Waals surface area contributed by atoms with Crippen LogP contribution in [0.15, 0.2) is 0 Å². The van der Waals surface area contributed by atoms with Crippen LogP contribution in [-0.2, 0) is 14.9 Å². The number of carbonyl (C=O) groups excluding carboxylic acids is 1. The fraction of sp³-hybridized carbons (Fsp3) is 0.875. The van der Waals surface area contributed by atoms with E-state index in [-0.39, 0.29) is 11.9 Å². The lowest BCUT2D eigenvalue weighted by Crippen LogP contribution is -2.33. The summed E-state index contributed by atoms with van der Waals surface area (Å²) in [6.45, 7) is 1.74. The van der Waals surface area contributed by atoms with Crippen LogP contribution in [0.25, 0.3) is 0 Å². The molecule has 1 aliphatic carbocycles. The summed E-state index contributed by atoms with van der Waals surface area (Å²) in [5.41, 5.74) is 0. The minimum Gasteiger partial charge on any atom is -0.353 e. The summed E-state index contributed by atoms with van der Waals surface area (Å²) in [6, 6.07) is -0.102. The zero-order chi connectivity index (χ0) is 10.8. The van der Waals surface area contributed by atoms with E-state index in [0.717, 1.165) is 0 Å². The second-order valence-electron chi connectivity index (χ2n) is 3.57. The topological polar surface area (TPSA) is 83.5 Å². The first kappa shape index (κ1) is 11.5. The molecule has 2 unspecified atom stereocenters. The van der Waals surface area contributed by atoms with Crippen molar-refractivity contribution < 1.29 is 17.8 Å². The van der Waals surface area contributed by atoms with Crippen LogP contribution in [0.2, 0.25) is 0 Å². The standard InChI is InChI=1S/C8H15NO4S/c1-2-8(10)9-6-3-4-7(5-6)14(11,12)13/h6-7H,2-5H2,1H3,(H,9,10)(H,11,12,13). The van der Waals surface area contributed by atoms with Crippen molar-refractivity contribution >= 4 is 16.0 Å². The van der Waals surface area contributed by atoms with Crippen LogP contribution in [-0.4, -0.2) is 30.2 Å². The Bertz CT molecular complexity index is 311. The maximum absolute atomic E-state index is 11.0. The van der Waals surface area contributed by atoms with E-state index in [1.54, 1.807) is 6.92 Å². The predicted molar refractivity (Wildman–Crippen MR) is 51.4 cm³/mol. The van der Waals surface area contributed by atoms with Crippen LogP contribution in [0.1, 0.15) is 32.6 Å². The SMILES string of the molecule is CCC(=O)NC1CCC(S(=O)(=O)O)C1. The first-order valence-electron chi connectivity index (χ1n) is 4.69. The van der Waals surface area contributed by atoms with Gasteiger partial charge in [0.2, 0.25) is 5.91 Å². The molecule has 6 heteroatoms. The Morgan fingerprint density at radius 1 is 1.50 bits per heavy atom. The van der Waals surface area contributed by atoms with E-state index in [0.29, 0.717) is 25.7 Å². The number of hydrogen-bond acceptors (Lipinski definition) is 3. The summed E-state index contributed by atoms with van der Waals surface area (Å²) in [4.78, 5) is 11.0. The van der Waals surface area contributed by atoms with E-state index in [1.165, 1.54) is 0 Å². The van der Waals surface area contributed by atoms with Gasteiger partial charge in [0.15, 0.2) is 0 Å². The van der Waals surface area contributed by atoms with Gasteiger partial charge in [-0.25, -0.2) is 0 Å². The third-order valence-electron chi connectivity index (χ3n) is 2.49. The fourth-order valence-electron chi connectivity index (χ4n) is 1.67. The van der Waals surface area contributed by atoms with Crippen molar-refractivity contribution in [2.24, 2.45) is 0 Å². The molecule has 1 fully saturated rings. The minimum atomic E-state index is -3.93. The van der Waals surface area contributed by atoms with Gasteiger partial charge in [0.05, 0.1) is 5.25 Å². The van der Waals surface area contributed by atoms with Crippen LogP contribution >= 0.6 is 0 Å². The molecule has 1 saturated carbocycles. The molecule has 0 bridgehead atoms. The van der Waals surface area contributed by atoms with Crippen molar-refractivity contribution in [1.82, 2.24) is 5.32 Å². The number of hydrogen-bond donors (Lipinski definition) is 2. The quantitative estimate of drug-likeness (QED) is 0.672. The highest BCUT2D eigenvalue weighted by Gasteiger charge is 2.33. The molecule has 0 radical (unpaired) electrons. The van der Waals surface area contributed by atoms with Gasteiger partial charge in [-0.1, -0.05) is 6.92 Å². The molecule has 0 aliphatic heterocycles. The molecule has 0 aromatic heterocycles. The highest BCUT2D eigenvalue weighted by molar-refractivity contribution is 7.86. The van der Waals surface area contributed by atoms with E-state index < -0.39 is 15.4 Å². The van der Waals surface area contributed by atoms with Crippen molar-refractivity contribution in [3.8, 4) is 0 Å². The Labute approximate surface area is 83.6 Å². The molecule has 5 nitrogen and oxygen atoms in total. The lowest BCUT2D eigenvalue weighted by Gasteiger charge is -2.11. The van der Waals surface area contributed by atoms with Gasteiger partial charge in [-0.2, -0.15) is 8.42 Å². The van der Waals surface area contributed by atoms with Gasteiger partial charge in [0, 0.05) is 12.5 Å². The van der Waals surface area contributed by atoms with Crippen LogP contribution in [0.5, 0.6) is 0 Å². The smallest absolute Gasteiger partial charge is 0.267 e. The number of rotatable bonds is 3. The Morgan fingerprint density at radius 2 is 2.14 bits per heavy atom. The molecule has 14 heavy (non-hydrogen) atoms. The Morgan fingerprint density at radius 3 is 2.57 bits per heavy atom. The van der Waals surface area contributed by atoms with Gasteiger partial charge < -0.3 is 5.32 Å². The Hall–Kier alpha value is -0.620. The third kappa shape index (κ3) is 2.95. The third-order valence-corrected chi connectivity index (χ3v) is 3.76. The molecule has 1 aliphatic rings. The van der Waals surface area contributed by atoms with Gasteiger partial charge >= 0.3 is 0 Å². The van der Waals surface area contributed by atoms with Crippen LogP contribution in [0, 0.1) is 0 Å². The van der Waals surface area contributed by atoms with Gasteiger partial charge in [-0.05, 0) is 19.3 Å². The first-order chi connectivity index (χ1) is 6.43. The monoisotopic (exact) mass is 221 g/mol. The van der Waals surface area contributed by atoms with Crippen molar-refractivity contribution in [1.29, 1.82) is 0 Å². The van der Waals surface area contributed by atoms with E-state index in [1.807, 2.05) is 0 Å². The van der Waals surface area contributed by atoms with Crippen molar-refractivity contribution in [3.63, 3.8) is 0 Å². The van der Waals surface area contributed by atoms with Gasteiger partial charge in [0.25, 0.3) is 10.1 Å². The van der Waals surface area contributed by atoms with E-state index >= 15 is 0 Å².